The molecule has 1 aliphatic carbocycles. The average molecular weight is 544 g/mol. The summed E-state index contributed by atoms with van der Waals surface area (Å²) in [4.78, 5) is 13.2. The lowest BCUT2D eigenvalue weighted by molar-refractivity contribution is -0.119. The van der Waals surface area contributed by atoms with Gasteiger partial charge in [0, 0.05) is 11.8 Å². The summed E-state index contributed by atoms with van der Waals surface area (Å²) >= 11 is 0. The normalized spacial score (nSPS) is 15.5. The molecule has 0 atom stereocenters. The van der Waals surface area contributed by atoms with E-state index in [1.807, 2.05) is 6.92 Å². The van der Waals surface area contributed by atoms with E-state index >= 15 is 0 Å². The fourth-order valence-electron chi connectivity index (χ4n) is 4.57. The first-order valence-electron chi connectivity index (χ1n) is 13.5. The number of ether oxygens (including phenoxy) is 2. The number of hydrogen-bond donors (Lipinski definition) is 1. The van der Waals surface area contributed by atoms with E-state index in [4.69, 9.17) is 9.47 Å². The summed E-state index contributed by atoms with van der Waals surface area (Å²) in [5, 5.41) is 4.44. The lowest BCUT2D eigenvalue weighted by Crippen LogP contribution is -2.40. The highest BCUT2D eigenvalue weighted by molar-refractivity contribution is 7.92. The highest BCUT2D eigenvalue weighted by atomic mass is 32.2. The van der Waals surface area contributed by atoms with Crippen molar-refractivity contribution in [2.75, 3.05) is 25.1 Å². The number of sulfonamides is 1. The molecule has 1 fully saturated rings. The van der Waals surface area contributed by atoms with E-state index in [1.54, 1.807) is 30.3 Å². The molecule has 9 heteroatoms. The van der Waals surface area contributed by atoms with Gasteiger partial charge in [-0.25, -0.2) is 13.8 Å². The molecule has 38 heavy (non-hydrogen) atoms. The number of aryl methyl sites for hydroxylation is 1. The largest absolute Gasteiger partial charge is 0.497 e. The summed E-state index contributed by atoms with van der Waals surface area (Å²) < 4.78 is 39.3. The molecule has 1 saturated carbocycles. The van der Waals surface area contributed by atoms with Gasteiger partial charge in [-0.05, 0) is 56.9 Å². The number of rotatable bonds is 8. The van der Waals surface area contributed by atoms with Crippen molar-refractivity contribution in [1.29, 1.82) is 0 Å². The molecular weight excluding hydrogens is 502 g/mol. The molecule has 8 nitrogen and oxygen atoms in total. The van der Waals surface area contributed by atoms with Crippen LogP contribution in [-0.4, -0.2) is 40.8 Å². The molecule has 0 saturated heterocycles. The van der Waals surface area contributed by atoms with Gasteiger partial charge in [-0.1, -0.05) is 62.6 Å². The second-order valence-corrected chi connectivity index (χ2v) is 11.6. The minimum Gasteiger partial charge on any atom is -0.497 e. The van der Waals surface area contributed by atoms with Gasteiger partial charge in [0.05, 0.1) is 24.8 Å². The van der Waals surface area contributed by atoms with Crippen LogP contribution in [0.25, 0.3) is 0 Å². The number of carbonyl (C=O) groups excluding carboxylic acids is 1. The standard InChI is InChI=1S/C29H41N3O5S/c1-23-15-18-26(19-16-23)38(34,35)32(27-20-17-25(36-2)21-28(27)37-3)22-29(33)31-30-24-13-11-9-7-5-4-6-8-10-12-14-24/h15-21H,4-14,22H2,1-3H3,(H,31,33). The molecular formula is C29H41N3O5S. The first-order valence-corrected chi connectivity index (χ1v) is 14.9. The van der Waals surface area contributed by atoms with Crippen molar-refractivity contribution in [3.63, 3.8) is 0 Å². The molecule has 3 rings (SSSR count). The van der Waals surface area contributed by atoms with Gasteiger partial charge in [-0.2, -0.15) is 5.10 Å². The summed E-state index contributed by atoms with van der Waals surface area (Å²) in [6, 6.07) is 11.3. The van der Waals surface area contributed by atoms with Crippen molar-refractivity contribution < 1.29 is 22.7 Å². The van der Waals surface area contributed by atoms with Gasteiger partial charge in [0.2, 0.25) is 0 Å². The number of amides is 1. The molecule has 2 aromatic rings. The molecule has 208 valence electrons. The van der Waals surface area contributed by atoms with Crippen molar-refractivity contribution in [3.05, 3.63) is 48.0 Å². The number of benzene rings is 2. The van der Waals surface area contributed by atoms with Crippen molar-refractivity contribution in [2.24, 2.45) is 5.10 Å². The van der Waals surface area contributed by atoms with Crippen LogP contribution in [0.3, 0.4) is 0 Å². The zero-order valence-corrected chi connectivity index (χ0v) is 23.7. The van der Waals surface area contributed by atoms with Crippen LogP contribution in [0.2, 0.25) is 0 Å². The van der Waals surface area contributed by atoms with Gasteiger partial charge in [-0.3, -0.25) is 9.10 Å². The number of nitrogens with zero attached hydrogens (tertiary/aromatic N) is 2. The van der Waals surface area contributed by atoms with Gasteiger partial charge in [0.1, 0.15) is 18.0 Å². The van der Waals surface area contributed by atoms with E-state index in [2.05, 4.69) is 10.5 Å². The first kappa shape index (κ1) is 29.5. The average Bonchev–Trinajstić information content (AvgIpc) is 2.91. The molecule has 0 bridgehead atoms. The van der Waals surface area contributed by atoms with Crippen molar-refractivity contribution in [2.45, 2.75) is 82.4 Å². The maximum absolute atomic E-state index is 13.7. The Morgan fingerprint density at radius 3 is 2.00 bits per heavy atom. The third-order valence-electron chi connectivity index (χ3n) is 6.82. The number of nitrogens with one attached hydrogen (secondary N) is 1. The van der Waals surface area contributed by atoms with E-state index < -0.39 is 22.5 Å². The number of hydrogen-bond acceptors (Lipinski definition) is 6. The molecule has 0 aromatic heterocycles. The van der Waals surface area contributed by atoms with Crippen LogP contribution in [0.4, 0.5) is 5.69 Å². The molecule has 2 aromatic carbocycles. The number of hydrazone groups is 1. The Hall–Kier alpha value is -3.07. The molecule has 1 amide bonds. The van der Waals surface area contributed by atoms with E-state index in [-0.39, 0.29) is 16.3 Å². The van der Waals surface area contributed by atoms with Crippen molar-refractivity contribution >= 4 is 27.3 Å². The lowest BCUT2D eigenvalue weighted by atomic mass is 10.00. The quantitative estimate of drug-likeness (QED) is 0.413. The molecule has 0 aliphatic heterocycles. The van der Waals surface area contributed by atoms with Crippen LogP contribution in [0.5, 0.6) is 11.5 Å². The highest BCUT2D eigenvalue weighted by Crippen LogP contribution is 2.35. The SMILES string of the molecule is COc1ccc(N(CC(=O)NN=C2CCCCCCCCCCC2)S(=O)(=O)c2ccc(C)cc2)c(OC)c1. The Bertz CT molecular complexity index is 1170. The molecule has 1 aliphatic rings. The monoisotopic (exact) mass is 543 g/mol. The highest BCUT2D eigenvalue weighted by Gasteiger charge is 2.29. The van der Waals surface area contributed by atoms with Crippen LogP contribution in [0, 0.1) is 6.92 Å². The fraction of sp³-hybridized carbons (Fsp3) is 0.517. The summed E-state index contributed by atoms with van der Waals surface area (Å²) in [5.41, 5.74) is 4.77. The zero-order valence-electron chi connectivity index (χ0n) is 22.9. The minimum atomic E-state index is -4.09. The van der Waals surface area contributed by atoms with Gasteiger partial charge in [0.25, 0.3) is 15.9 Å². The Kier molecular flexibility index (Phi) is 11.5. The smallest absolute Gasteiger partial charge is 0.264 e. The predicted molar refractivity (Wildman–Crippen MR) is 152 cm³/mol. The fourth-order valence-corrected chi connectivity index (χ4v) is 6.00. The summed E-state index contributed by atoms with van der Waals surface area (Å²) in [5.74, 6) is 0.271. The zero-order chi connectivity index (χ0) is 27.4. The van der Waals surface area contributed by atoms with E-state index in [0.29, 0.717) is 5.75 Å². The van der Waals surface area contributed by atoms with Gasteiger partial charge >= 0.3 is 0 Å². The summed E-state index contributed by atoms with van der Waals surface area (Å²) in [6.45, 7) is 1.44. The third kappa shape index (κ3) is 8.48. The minimum absolute atomic E-state index is 0.0828. The number of anilines is 1. The Morgan fingerprint density at radius 2 is 1.45 bits per heavy atom. The summed E-state index contributed by atoms with van der Waals surface area (Å²) in [6.07, 6.45) is 12.4. The van der Waals surface area contributed by atoms with Gasteiger partial charge < -0.3 is 9.47 Å². The second kappa shape index (κ2) is 14.8. The maximum atomic E-state index is 13.7. The predicted octanol–water partition coefficient (Wildman–Crippen LogP) is 5.98. The molecule has 0 unspecified atom stereocenters. The van der Waals surface area contributed by atoms with Crippen LogP contribution in [0.1, 0.15) is 76.2 Å². The lowest BCUT2D eigenvalue weighted by Gasteiger charge is -2.25. The molecule has 0 heterocycles. The Labute approximate surface area is 227 Å². The topological polar surface area (TPSA) is 97.3 Å². The number of carbonyl (C=O) groups is 1. The molecule has 0 spiro atoms. The maximum Gasteiger partial charge on any atom is 0.264 e. The van der Waals surface area contributed by atoms with E-state index in [1.165, 1.54) is 58.5 Å². The van der Waals surface area contributed by atoms with Crippen molar-refractivity contribution in [3.8, 4) is 11.5 Å². The Morgan fingerprint density at radius 1 is 0.868 bits per heavy atom. The van der Waals surface area contributed by atoms with Crippen LogP contribution in [0.15, 0.2) is 52.5 Å². The summed E-state index contributed by atoms with van der Waals surface area (Å²) in [7, 11) is -1.12. The number of methoxy groups -OCH3 is 2. The van der Waals surface area contributed by atoms with Crippen LogP contribution < -0.4 is 19.2 Å². The van der Waals surface area contributed by atoms with Crippen molar-refractivity contribution in [1.82, 2.24) is 5.43 Å². The van der Waals surface area contributed by atoms with Gasteiger partial charge in [0.15, 0.2) is 0 Å². The second-order valence-electron chi connectivity index (χ2n) is 9.76. The van der Waals surface area contributed by atoms with E-state index in [0.717, 1.165) is 54.1 Å². The Balaban J connectivity index is 1.85. The van der Waals surface area contributed by atoms with Crippen LogP contribution >= 0.6 is 0 Å². The molecule has 1 N–H and O–H groups in total. The van der Waals surface area contributed by atoms with Gasteiger partial charge in [-0.15, -0.1) is 0 Å². The van der Waals surface area contributed by atoms with Crippen LogP contribution in [-0.2, 0) is 14.8 Å². The molecule has 0 radical (unpaired) electrons. The van der Waals surface area contributed by atoms with E-state index in [9.17, 15) is 13.2 Å². The third-order valence-corrected chi connectivity index (χ3v) is 8.60. The first-order chi connectivity index (χ1) is 18.3.